The topological polar surface area (TPSA) is 79.8 Å². The standard InChI is InChI=1S/C23H27N3O4S3.ClH/c1-31-18-8-6-17(7-9-18)16-21(27)26(11-10-25-12-14-30-15-13-25)23-24-22-19(32-23)4-3-5-20(22)33(2,28)29;/h3-9H,10-16H2,1-2H3;1H. The lowest BCUT2D eigenvalue weighted by Crippen LogP contribution is -2.43. The summed E-state index contributed by atoms with van der Waals surface area (Å²) in [5, 5.41) is 0.528. The van der Waals surface area contributed by atoms with Crippen molar-refractivity contribution in [2.24, 2.45) is 0 Å². The van der Waals surface area contributed by atoms with Crippen molar-refractivity contribution in [3.8, 4) is 0 Å². The zero-order valence-electron chi connectivity index (χ0n) is 19.1. The number of sulfone groups is 1. The molecule has 0 radical (unpaired) electrons. The molecule has 0 spiro atoms. The normalized spacial score (nSPS) is 14.6. The molecule has 34 heavy (non-hydrogen) atoms. The monoisotopic (exact) mass is 541 g/mol. The van der Waals surface area contributed by atoms with Gasteiger partial charge in [0.25, 0.3) is 0 Å². The Bertz CT molecular complexity index is 1230. The minimum absolute atomic E-state index is 0. The molecule has 2 aromatic carbocycles. The molecule has 0 N–H and O–H groups in total. The Morgan fingerprint density at radius 2 is 1.88 bits per heavy atom. The molecular formula is C23H28ClN3O4S3. The van der Waals surface area contributed by atoms with Crippen LogP contribution in [0, 0.1) is 0 Å². The Morgan fingerprint density at radius 1 is 1.18 bits per heavy atom. The SMILES string of the molecule is CSc1ccc(CC(=O)N(CCN2CCOCC2)c2nc3c(S(C)(=O)=O)cccc3s2)cc1.Cl. The van der Waals surface area contributed by atoms with E-state index in [4.69, 9.17) is 4.74 Å². The summed E-state index contributed by atoms with van der Waals surface area (Å²) in [5.74, 6) is -0.0554. The lowest BCUT2D eigenvalue weighted by atomic mass is 10.1. The summed E-state index contributed by atoms with van der Waals surface area (Å²) in [5.41, 5.74) is 1.36. The molecular weight excluding hydrogens is 514 g/mol. The van der Waals surface area contributed by atoms with E-state index in [-0.39, 0.29) is 29.6 Å². The van der Waals surface area contributed by atoms with Gasteiger partial charge in [-0.2, -0.15) is 0 Å². The average molecular weight is 542 g/mol. The van der Waals surface area contributed by atoms with Gasteiger partial charge in [0.05, 0.1) is 29.2 Å². The maximum Gasteiger partial charge on any atom is 0.233 e. The van der Waals surface area contributed by atoms with E-state index in [1.807, 2.05) is 36.6 Å². The fourth-order valence-electron chi connectivity index (χ4n) is 3.73. The van der Waals surface area contributed by atoms with Crippen LogP contribution < -0.4 is 4.90 Å². The molecule has 1 amide bonds. The number of rotatable bonds is 8. The van der Waals surface area contributed by atoms with E-state index < -0.39 is 9.84 Å². The van der Waals surface area contributed by atoms with E-state index >= 15 is 0 Å². The summed E-state index contributed by atoms with van der Waals surface area (Å²) in [4.78, 5) is 23.4. The second-order valence-corrected chi connectivity index (χ2v) is 11.8. The molecule has 7 nitrogen and oxygen atoms in total. The minimum atomic E-state index is -3.43. The van der Waals surface area contributed by atoms with Gasteiger partial charge >= 0.3 is 0 Å². The molecule has 0 unspecified atom stereocenters. The maximum atomic E-state index is 13.4. The molecule has 0 saturated carbocycles. The molecule has 2 heterocycles. The number of benzene rings is 2. The van der Waals surface area contributed by atoms with E-state index in [0.717, 1.165) is 28.2 Å². The summed E-state index contributed by atoms with van der Waals surface area (Å²) in [7, 11) is -3.43. The maximum absolute atomic E-state index is 13.4. The van der Waals surface area contributed by atoms with Gasteiger partial charge in [0.2, 0.25) is 5.91 Å². The number of carbonyl (C=O) groups is 1. The van der Waals surface area contributed by atoms with Gasteiger partial charge < -0.3 is 4.74 Å². The van der Waals surface area contributed by atoms with E-state index in [1.165, 1.54) is 17.6 Å². The number of carbonyl (C=O) groups excluding carboxylic acids is 1. The summed E-state index contributed by atoms with van der Waals surface area (Å²) >= 11 is 3.01. The molecule has 1 aliphatic rings. The highest BCUT2D eigenvalue weighted by molar-refractivity contribution is 7.98. The zero-order chi connectivity index (χ0) is 23.4. The van der Waals surface area contributed by atoms with Crippen LogP contribution in [0.5, 0.6) is 0 Å². The van der Waals surface area contributed by atoms with Gasteiger partial charge in [-0.3, -0.25) is 14.6 Å². The third-order valence-corrected chi connectivity index (χ3v) is 8.48. The largest absolute Gasteiger partial charge is 0.379 e. The molecule has 0 bridgehead atoms. The molecule has 4 rings (SSSR count). The van der Waals surface area contributed by atoms with Crippen molar-refractivity contribution in [2.75, 3.05) is 56.8 Å². The molecule has 11 heteroatoms. The van der Waals surface area contributed by atoms with Crippen LogP contribution in [-0.2, 0) is 25.8 Å². The average Bonchev–Trinajstić information content (AvgIpc) is 3.23. The molecule has 0 aliphatic carbocycles. The van der Waals surface area contributed by atoms with Crippen LogP contribution >= 0.6 is 35.5 Å². The Morgan fingerprint density at radius 3 is 2.53 bits per heavy atom. The third-order valence-electron chi connectivity index (χ3n) is 5.56. The van der Waals surface area contributed by atoms with Crippen molar-refractivity contribution in [3.05, 3.63) is 48.0 Å². The summed E-state index contributed by atoms with van der Waals surface area (Å²) in [6, 6.07) is 13.1. The second kappa shape index (κ2) is 11.8. The van der Waals surface area contributed by atoms with Crippen LogP contribution in [0.15, 0.2) is 52.3 Å². The number of fused-ring (bicyclic) bond motifs is 1. The van der Waals surface area contributed by atoms with Crippen molar-refractivity contribution in [1.82, 2.24) is 9.88 Å². The summed E-state index contributed by atoms with van der Waals surface area (Å²) in [6.45, 7) is 4.22. The molecule has 3 aromatic rings. The number of thiazole rings is 1. The number of amides is 1. The van der Waals surface area contributed by atoms with Crippen LogP contribution in [0.4, 0.5) is 5.13 Å². The summed E-state index contributed by atoms with van der Waals surface area (Å²) < 4.78 is 30.7. The van der Waals surface area contributed by atoms with Crippen molar-refractivity contribution in [1.29, 1.82) is 0 Å². The first-order chi connectivity index (χ1) is 15.8. The predicted molar refractivity (Wildman–Crippen MR) is 142 cm³/mol. The van der Waals surface area contributed by atoms with Gasteiger partial charge in [-0.25, -0.2) is 13.4 Å². The molecule has 1 aromatic heterocycles. The van der Waals surface area contributed by atoms with E-state index in [0.29, 0.717) is 37.0 Å². The Labute approximate surface area is 214 Å². The zero-order valence-corrected chi connectivity index (χ0v) is 22.4. The Hall–Kier alpha value is -1.69. The molecule has 184 valence electrons. The number of halogens is 1. The van der Waals surface area contributed by atoms with E-state index in [9.17, 15) is 13.2 Å². The molecule has 0 atom stereocenters. The quantitative estimate of drug-likeness (QED) is 0.402. The number of morpholine rings is 1. The molecule has 1 aliphatic heterocycles. The van der Waals surface area contributed by atoms with Crippen LogP contribution in [-0.4, -0.2) is 76.1 Å². The molecule has 1 fully saturated rings. The number of thioether (sulfide) groups is 1. The van der Waals surface area contributed by atoms with Crippen LogP contribution in [0.1, 0.15) is 5.56 Å². The Balaban J connectivity index is 0.00000324. The highest BCUT2D eigenvalue weighted by atomic mass is 35.5. The number of hydrogen-bond acceptors (Lipinski definition) is 8. The van der Waals surface area contributed by atoms with Gasteiger partial charge in [0.15, 0.2) is 15.0 Å². The van der Waals surface area contributed by atoms with Gasteiger partial charge in [-0.05, 0) is 36.1 Å². The van der Waals surface area contributed by atoms with Gasteiger partial charge in [0.1, 0.15) is 5.52 Å². The van der Waals surface area contributed by atoms with Crippen molar-refractivity contribution < 1.29 is 17.9 Å². The predicted octanol–water partition coefficient (Wildman–Crippen LogP) is 3.75. The minimum Gasteiger partial charge on any atom is -0.379 e. The van der Waals surface area contributed by atoms with Crippen LogP contribution in [0.3, 0.4) is 0 Å². The summed E-state index contributed by atoms with van der Waals surface area (Å²) in [6.07, 6.45) is 3.46. The molecule has 1 saturated heterocycles. The van der Waals surface area contributed by atoms with Crippen molar-refractivity contribution in [3.63, 3.8) is 0 Å². The van der Waals surface area contributed by atoms with Gasteiger partial charge in [0, 0.05) is 37.3 Å². The van der Waals surface area contributed by atoms with Crippen molar-refractivity contribution >= 4 is 66.6 Å². The number of aromatic nitrogens is 1. The number of ether oxygens (including phenoxy) is 1. The fourth-order valence-corrected chi connectivity index (χ4v) is 6.07. The number of para-hydroxylation sites is 1. The van der Waals surface area contributed by atoms with Gasteiger partial charge in [-0.1, -0.05) is 29.5 Å². The fraction of sp³-hybridized carbons (Fsp3) is 0.391. The number of nitrogens with zero attached hydrogens (tertiary/aromatic N) is 3. The van der Waals surface area contributed by atoms with Crippen LogP contribution in [0.25, 0.3) is 10.2 Å². The van der Waals surface area contributed by atoms with Crippen LogP contribution in [0.2, 0.25) is 0 Å². The first-order valence-corrected chi connectivity index (χ1v) is 14.6. The number of hydrogen-bond donors (Lipinski definition) is 0. The second-order valence-electron chi connectivity index (χ2n) is 7.90. The number of anilines is 1. The Kier molecular flexibility index (Phi) is 9.36. The van der Waals surface area contributed by atoms with E-state index in [1.54, 1.807) is 28.8 Å². The third kappa shape index (κ3) is 6.50. The first kappa shape index (κ1) is 26.9. The lowest BCUT2D eigenvalue weighted by Gasteiger charge is -2.29. The van der Waals surface area contributed by atoms with Gasteiger partial charge in [-0.15, -0.1) is 24.2 Å². The lowest BCUT2D eigenvalue weighted by molar-refractivity contribution is -0.118. The smallest absolute Gasteiger partial charge is 0.233 e. The van der Waals surface area contributed by atoms with Crippen molar-refractivity contribution in [2.45, 2.75) is 16.2 Å². The first-order valence-electron chi connectivity index (χ1n) is 10.7. The highest BCUT2D eigenvalue weighted by Gasteiger charge is 2.24. The van der Waals surface area contributed by atoms with E-state index in [2.05, 4.69) is 9.88 Å². The highest BCUT2D eigenvalue weighted by Crippen LogP contribution is 2.33.